The van der Waals surface area contributed by atoms with Gasteiger partial charge in [0.25, 0.3) is 5.91 Å². The maximum Gasteiger partial charge on any atom is 0.255 e. The molecule has 0 saturated carbocycles. The quantitative estimate of drug-likeness (QED) is 0.0638. The molecule has 1 atom stereocenters. The Morgan fingerprint density at radius 1 is 0.692 bits per heavy atom. The summed E-state index contributed by atoms with van der Waals surface area (Å²) in [6, 6.07) is 23.6. The van der Waals surface area contributed by atoms with Gasteiger partial charge in [0, 0.05) is 28.4 Å². The van der Waals surface area contributed by atoms with Crippen LogP contribution >= 0.6 is 0 Å². The van der Waals surface area contributed by atoms with Crippen molar-refractivity contribution in [2.24, 2.45) is 0 Å². The van der Waals surface area contributed by atoms with Gasteiger partial charge < -0.3 is 49.8 Å². The number of aromatic nitrogens is 1. The van der Waals surface area contributed by atoms with Crippen molar-refractivity contribution in [3.8, 4) is 39.8 Å². The molecule has 5 aromatic rings. The second-order valence-electron chi connectivity index (χ2n) is 12.4. The number of carbonyl (C=O) groups excluding carboxylic acids is 1. The zero-order valence-electron chi connectivity index (χ0n) is 28.9. The van der Waals surface area contributed by atoms with Gasteiger partial charge >= 0.3 is 0 Å². The van der Waals surface area contributed by atoms with Gasteiger partial charge in [-0.05, 0) is 103 Å². The van der Waals surface area contributed by atoms with Crippen LogP contribution in [0.5, 0.6) is 17.2 Å². The third-order valence-corrected chi connectivity index (χ3v) is 9.08. The van der Waals surface area contributed by atoms with Gasteiger partial charge in [0.1, 0.15) is 17.6 Å². The SMILES string of the molecule is COc1ccc(-c2cc(-c3cc(CO)c(CO)c(CO)c3)on2)cc1OCCCCCCOc1ccc(C2NC(=O)c3ccccc3N2)cc1CO. The summed E-state index contributed by atoms with van der Waals surface area (Å²) < 4.78 is 23.3. The Bertz CT molecular complexity index is 1970. The highest BCUT2D eigenvalue weighted by atomic mass is 16.5. The first-order chi connectivity index (χ1) is 25.5. The molecule has 12 nitrogen and oxygen atoms in total. The molecular formula is C40H43N3O9. The summed E-state index contributed by atoms with van der Waals surface area (Å²) in [5.41, 5.74) is 6.32. The van der Waals surface area contributed by atoms with Crippen molar-refractivity contribution in [3.63, 3.8) is 0 Å². The first-order valence-electron chi connectivity index (χ1n) is 17.2. The predicted octanol–water partition coefficient (Wildman–Crippen LogP) is 5.86. The molecule has 0 radical (unpaired) electrons. The van der Waals surface area contributed by atoms with E-state index in [1.165, 1.54) is 0 Å². The van der Waals surface area contributed by atoms with Gasteiger partial charge in [-0.15, -0.1) is 0 Å². The van der Waals surface area contributed by atoms with Gasteiger partial charge in [-0.2, -0.15) is 0 Å². The van der Waals surface area contributed by atoms with Crippen LogP contribution in [0.4, 0.5) is 5.69 Å². The molecule has 1 aromatic heterocycles. The fourth-order valence-electron chi connectivity index (χ4n) is 6.26. The number of nitrogens with zero attached hydrogens (tertiary/aromatic N) is 1. The van der Waals surface area contributed by atoms with Crippen molar-refractivity contribution in [1.82, 2.24) is 10.5 Å². The van der Waals surface area contributed by atoms with E-state index in [1.807, 2.05) is 54.6 Å². The Balaban J connectivity index is 0.975. The Kier molecular flexibility index (Phi) is 12.0. The Labute approximate surface area is 301 Å². The van der Waals surface area contributed by atoms with Crippen LogP contribution in [0.15, 0.2) is 83.4 Å². The molecule has 0 bridgehead atoms. The lowest BCUT2D eigenvalue weighted by Crippen LogP contribution is -2.38. The van der Waals surface area contributed by atoms with E-state index in [9.17, 15) is 25.2 Å². The van der Waals surface area contributed by atoms with Crippen LogP contribution in [0, 0.1) is 0 Å². The number of aliphatic hydroxyl groups excluding tert-OH is 4. The van der Waals surface area contributed by atoms with Crippen molar-refractivity contribution in [2.75, 3.05) is 25.6 Å². The second kappa shape index (κ2) is 17.2. The number of rotatable bonds is 17. The number of amides is 1. The van der Waals surface area contributed by atoms with Crippen molar-refractivity contribution >= 4 is 11.6 Å². The fraction of sp³-hybridized carbons (Fsp3) is 0.300. The topological polar surface area (TPSA) is 176 Å². The number of benzene rings is 4. The Hall–Kier alpha value is -5.40. The number of aliphatic hydroxyl groups is 4. The molecule has 0 spiro atoms. The van der Waals surface area contributed by atoms with Crippen LogP contribution in [-0.2, 0) is 26.4 Å². The van der Waals surface area contributed by atoms with E-state index < -0.39 is 6.17 Å². The van der Waals surface area contributed by atoms with E-state index in [0.29, 0.717) is 75.3 Å². The molecule has 0 aliphatic carbocycles. The first-order valence-corrected chi connectivity index (χ1v) is 17.2. The molecule has 12 heteroatoms. The highest BCUT2D eigenvalue weighted by molar-refractivity contribution is 6.01. The van der Waals surface area contributed by atoms with E-state index in [-0.39, 0.29) is 32.3 Å². The van der Waals surface area contributed by atoms with Crippen molar-refractivity contribution in [3.05, 3.63) is 112 Å². The number of hydrogen-bond acceptors (Lipinski definition) is 11. The third-order valence-electron chi connectivity index (χ3n) is 9.08. The molecule has 1 aliphatic heterocycles. The van der Waals surface area contributed by atoms with E-state index in [1.54, 1.807) is 31.4 Å². The summed E-state index contributed by atoms with van der Waals surface area (Å²) in [5, 5.41) is 49.8. The summed E-state index contributed by atoms with van der Waals surface area (Å²) in [4.78, 5) is 12.6. The van der Waals surface area contributed by atoms with E-state index in [0.717, 1.165) is 42.5 Å². The van der Waals surface area contributed by atoms with E-state index in [4.69, 9.17) is 18.7 Å². The number of unbranched alkanes of at least 4 members (excludes halogenated alkanes) is 3. The molecule has 52 heavy (non-hydrogen) atoms. The molecule has 6 N–H and O–H groups in total. The third kappa shape index (κ3) is 8.21. The lowest BCUT2D eigenvalue weighted by atomic mass is 9.97. The minimum atomic E-state index is -0.410. The van der Waals surface area contributed by atoms with Crippen molar-refractivity contribution in [1.29, 1.82) is 0 Å². The van der Waals surface area contributed by atoms with Crippen LogP contribution in [0.1, 0.15) is 70.0 Å². The molecule has 1 unspecified atom stereocenters. The standard InChI is InChI=1S/C40H43N3O9/c1-49-36-13-10-25(34-20-37(52-43-34)27-17-28(21-44)32(24-47)29(18-27)22-45)19-38(36)51-15-7-3-2-6-14-50-35-12-11-26(16-30(35)23-46)39-41-33-9-5-4-8-31(33)40(48)42-39/h4-5,8-13,16-20,39,41,44-47H,2-3,6-7,14-15,21-24H2,1H3,(H,42,48). The van der Waals surface area contributed by atoms with Gasteiger partial charge in [-0.1, -0.05) is 23.4 Å². The maximum atomic E-state index is 12.6. The van der Waals surface area contributed by atoms with Gasteiger partial charge in [0.15, 0.2) is 17.3 Å². The van der Waals surface area contributed by atoms with Gasteiger partial charge in [-0.3, -0.25) is 4.79 Å². The summed E-state index contributed by atoms with van der Waals surface area (Å²) in [7, 11) is 1.59. The number of ether oxygens (including phenoxy) is 3. The number of hydrogen-bond donors (Lipinski definition) is 6. The molecule has 2 heterocycles. The maximum absolute atomic E-state index is 12.6. The van der Waals surface area contributed by atoms with Crippen LogP contribution in [0.3, 0.4) is 0 Å². The van der Waals surface area contributed by atoms with Crippen LogP contribution in [0.25, 0.3) is 22.6 Å². The van der Waals surface area contributed by atoms with Gasteiger partial charge in [-0.25, -0.2) is 0 Å². The van der Waals surface area contributed by atoms with Crippen LogP contribution in [0.2, 0.25) is 0 Å². The van der Waals surface area contributed by atoms with Crippen LogP contribution in [-0.4, -0.2) is 51.8 Å². The second-order valence-corrected chi connectivity index (χ2v) is 12.4. The molecule has 4 aromatic carbocycles. The Morgan fingerprint density at radius 2 is 1.38 bits per heavy atom. The number of nitrogens with one attached hydrogen (secondary N) is 2. The first kappa shape index (κ1) is 36.4. The minimum absolute atomic E-state index is 0.148. The normalized spacial score (nSPS) is 13.6. The Morgan fingerprint density at radius 3 is 2.08 bits per heavy atom. The molecule has 6 rings (SSSR count). The number of fused-ring (bicyclic) bond motifs is 1. The number of methoxy groups -OCH3 is 1. The molecule has 0 fully saturated rings. The predicted molar refractivity (Wildman–Crippen MR) is 194 cm³/mol. The minimum Gasteiger partial charge on any atom is -0.493 e. The van der Waals surface area contributed by atoms with E-state index in [2.05, 4.69) is 15.8 Å². The van der Waals surface area contributed by atoms with Crippen molar-refractivity contribution in [2.45, 2.75) is 58.3 Å². The largest absolute Gasteiger partial charge is 0.493 e. The fourth-order valence-corrected chi connectivity index (χ4v) is 6.26. The summed E-state index contributed by atoms with van der Waals surface area (Å²) in [6.45, 7) is -0.0630. The van der Waals surface area contributed by atoms with Crippen molar-refractivity contribution < 1.29 is 44.0 Å². The number of carbonyl (C=O) groups is 1. The lowest BCUT2D eigenvalue weighted by molar-refractivity contribution is 0.0935. The molecule has 272 valence electrons. The average molecular weight is 710 g/mol. The molecule has 1 amide bonds. The smallest absolute Gasteiger partial charge is 0.255 e. The number of anilines is 1. The lowest BCUT2D eigenvalue weighted by Gasteiger charge is -2.28. The summed E-state index contributed by atoms with van der Waals surface area (Å²) in [5.74, 6) is 2.10. The zero-order chi connectivity index (χ0) is 36.5. The highest BCUT2D eigenvalue weighted by Gasteiger charge is 2.25. The van der Waals surface area contributed by atoms with Gasteiger partial charge in [0.2, 0.25) is 0 Å². The monoisotopic (exact) mass is 709 g/mol. The zero-order valence-corrected chi connectivity index (χ0v) is 28.9. The summed E-state index contributed by atoms with van der Waals surface area (Å²) >= 11 is 0. The molecule has 0 saturated heterocycles. The van der Waals surface area contributed by atoms with Crippen LogP contribution < -0.4 is 24.8 Å². The highest BCUT2D eigenvalue weighted by Crippen LogP contribution is 2.35. The van der Waals surface area contributed by atoms with Gasteiger partial charge in [0.05, 0.1) is 52.3 Å². The average Bonchev–Trinajstić information content (AvgIpc) is 3.69. The summed E-state index contributed by atoms with van der Waals surface area (Å²) in [6.07, 6.45) is 3.11. The number of para-hydroxylation sites is 1. The molecule has 1 aliphatic rings. The van der Waals surface area contributed by atoms with E-state index >= 15 is 0 Å². The molecular weight excluding hydrogens is 666 g/mol.